The van der Waals surface area contributed by atoms with Crippen LogP contribution in [0, 0.1) is 11.8 Å². The third-order valence-electron chi connectivity index (χ3n) is 7.31. The highest BCUT2D eigenvalue weighted by molar-refractivity contribution is 5.88. The number of carbonyl (C=O) groups is 3. The summed E-state index contributed by atoms with van der Waals surface area (Å²) in [6.45, 7) is 3.85. The Morgan fingerprint density at radius 2 is 1.73 bits per heavy atom. The quantitative estimate of drug-likeness (QED) is 0.584. The molecule has 3 rings (SSSR count). The smallest absolute Gasteiger partial charge is 0.326 e. The largest absolute Gasteiger partial charge is 0.480 e. The Morgan fingerprint density at radius 1 is 1.07 bits per heavy atom. The molecule has 0 aromatic carbocycles. The summed E-state index contributed by atoms with van der Waals surface area (Å²) < 4.78 is 5.28. The first-order chi connectivity index (χ1) is 14.4. The van der Waals surface area contributed by atoms with Crippen molar-refractivity contribution >= 4 is 17.8 Å². The van der Waals surface area contributed by atoms with Gasteiger partial charge in [-0.1, -0.05) is 44.9 Å². The van der Waals surface area contributed by atoms with Crippen LogP contribution in [0.3, 0.4) is 0 Å². The lowest BCUT2D eigenvalue weighted by Crippen LogP contribution is -2.56. The van der Waals surface area contributed by atoms with Crippen LogP contribution in [0.1, 0.15) is 84.5 Å². The van der Waals surface area contributed by atoms with E-state index >= 15 is 0 Å². The number of rotatable bonds is 8. The molecule has 1 heterocycles. The first kappa shape index (κ1) is 23.0. The van der Waals surface area contributed by atoms with Gasteiger partial charge in [0.25, 0.3) is 0 Å². The molecule has 0 bridgehead atoms. The third kappa shape index (κ3) is 5.34. The van der Waals surface area contributed by atoms with E-state index in [4.69, 9.17) is 4.74 Å². The minimum absolute atomic E-state index is 0.0102. The Hall–Kier alpha value is -1.63. The lowest BCUT2D eigenvalue weighted by molar-refractivity contribution is -0.152. The molecule has 2 saturated carbocycles. The molecule has 1 aliphatic heterocycles. The number of amides is 1. The zero-order valence-electron chi connectivity index (χ0n) is 18.5. The van der Waals surface area contributed by atoms with Gasteiger partial charge in [0, 0.05) is 6.04 Å². The van der Waals surface area contributed by atoms with Crippen molar-refractivity contribution in [2.75, 3.05) is 6.61 Å². The van der Waals surface area contributed by atoms with Crippen LogP contribution in [0.2, 0.25) is 0 Å². The number of ether oxygens (including phenoxy) is 1. The number of carbonyl (C=O) groups excluding carboxylic acids is 2. The van der Waals surface area contributed by atoms with Gasteiger partial charge in [0.15, 0.2) is 0 Å². The molecule has 3 aliphatic rings. The molecule has 0 spiro atoms. The average Bonchev–Trinajstić information content (AvgIpc) is 3.13. The van der Waals surface area contributed by atoms with Crippen LogP contribution in [0.25, 0.3) is 0 Å². The van der Waals surface area contributed by atoms with E-state index in [0.717, 1.165) is 38.5 Å². The summed E-state index contributed by atoms with van der Waals surface area (Å²) in [6, 6.07) is -1.89. The molecule has 170 valence electrons. The summed E-state index contributed by atoms with van der Waals surface area (Å²) in [4.78, 5) is 39.5. The number of aliphatic carboxylic acids is 1. The molecule has 7 heteroatoms. The maximum absolute atomic E-state index is 13.4. The Balaban J connectivity index is 1.69. The Kier molecular flexibility index (Phi) is 8.14. The molecule has 7 nitrogen and oxygen atoms in total. The summed E-state index contributed by atoms with van der Waals surface area (Å²) in [6.07, 6.45) is 11.1. The van der Waals surface area contributed by atoms with Gasteiger partial charge in [-0.05, 0) is 51.4 Å². The van der Waals surface area contributed by atoms with Crippen molar-refractivity contribution in [2.45, 2.75) is 109 Å². The van der Waals surface area contributed by atoms with Crippen LogP contribution < -0.4 is 5.32 Å². The first-order valence-corrected chi connectivity index (χ1v) is 11.9. The van der Waals surface area contributed by atoms with Crippen LogP contribution in [0.4, 0.5) is 0 Å². The Labute approximate surface area is 179 Å². The van der Waals surface area contributed by atoms with Gasteiger partial charge in [-0.25, -0.2) is 4.79 Å². The number of likely N-dealkylation sites (tertiary alicyclic amines) is 1. The topological polar surface area (TPSA) is 95.9 Å². The van der Waals surface area contributed by atoms with Crippen LogP contribution in [-0.2, 0) is 19.1 Å². The van der Waals surface area contributed by atoms with E-state index in [1.165, 1.54) is 19.3 Å². The summed E-state index contributed by atoms with van der Waals surface area (Å²) in [5, 5.41) is 13.0. The third-order valence-corrected chi connectivity index (χ3v) is 7.31. The predicted molar refractivity (Wildman–Crippen MR) is 113 cm³/mol. The molecule has 1 saturated heterocycles. The number of fused-ring (bicyclic) bond motifs is 1. The SMILES string of the molecule is CCOC(=O)[C@H](CC1CCCCC1)NC(C)C(=O)N1C2CCCCC2C[C@H]1C(=O)O. The molecule has 2 aliphatic carbocycles. The summed E-state index contributed by atoms with van der Waals surface area (Å²) in [5.41, 5.74) is 0. The van der Waals surface area contributed by atoms with Gasteiger partial charge in [0.2, 0.25) is 5.91 Å². The van der Waals surface area contributed by atoms with Crippen molar-refractivity contribution < 1.29 is 24.2 Å². The second-order valence-electron chi connectivity index (χ2n) is 9.38. The van der Waals surface area contributed by atoms with E-state index in [-0.39, 0.29) is 23.8 Å². The summed E-state index contributed by atoms with van der Waals surface area (Å²) >= 11 is 0. The van der Waals surface area contributed by atoms with Gasteiger partial charge in [-0.3, -0.25) is 14.9 Å². The summed E-state index contributed by atoms with van der Waals surface area (Å²) in [5.74, 6) is -0.693. The minimum Gasteiger partial charge on any atom is -0.480 e. The normalized spacial score (nSPS) is 29.1. The highest BCUT2D eigenvalue weighted by atomic mass is 16.5. The fraction of sp³-hybridized carbons (Fsp3) is 0.870. The molecule has 0 radical (unpaired) electrons. The fourth-order valence-electron chi connectivity index (χ4n) is 5.83. The van der Waals surface area contributed by atoms with Crippen LogP contribution in [0.15, 0.2) is 0 Å². The molecule has 5 atom stereocenters. The number of nitrogens with one attached hydrogen (secondary N) is 1. The van der Waals surface area contributed by atoms with Gasteiger partial charge < -0.3 is 14.7 Å². The van der Waals surface area contributed by atoms with Crippen molar-refractivity contribution in [2.24, 2.45) is 11.8 Å². The zero-order chi connectivity index (χ0) is 21.7. The number of nitrogens with zero attached hydrogens (tertiary/aromatic N) is 1. The molecule has 0 aromatic heterocycles. The van der Waals surface area contributed by atoms with Gasteiger partial charge in [0.1, 0.15) is 12.1 Å². The lowest BCUT2D eigenvalue weighted by Gasteiger charge is -2.35. The van der Waals surface area contributed by atoms with Crippen molar-refractivity contribution in [1.82, 2.24) is 10.2 Å². The highest BCUT2D eigenvalue weighted by Gasteiger charge is 2.48. The zero-order valence-corrected chi connectivity index (χ0v) is 18.5. The molecule has 30 heavy (non-hydrogen) atoms. The lowest BCUT2D eigenvalue weighted by atomic mass is 9.84. The Bertz CT molecular complexity index is 619. The maximum atomic E-state index is 13.4. The molecule has 2 N–H and O–H groups in total. The highest BCUT2D eigenvalue weighted by Crippen LogP contribution is 2.40. The van der Waals surface area contributed by atoms with E-state index < -0.39 is 24.1 Å². The van der Waals surface area contributed by atoms with Crippen LogP contribution in [-0.4, -0.2) is 58.6 Å². The molecular formula is C23H38N2O5. The van der Waals surface area contributed by atoms with Crippen LogP contribution >= 0.6 is 0 Å². The van der Waals surface area contributed by atoms with Crippen molar-refractivity contribution in [3.05, 3.63) is 0 Å². The maximum Gasteiger partial charge on any atom is 0.326 e. The number of hydrogen-bond acceptors (Lipinski definition) is 5. The average molecular weight is 423 g/mol. The van der Waals surface area contributed by atoms with E-state index in [0.29, 0.717) is 25.4 Å². The van der Waals surface area contributed by atoms with Crippen molar-refractivity contribution in [3.63, 3.8) is 0 Å². The van der Waals surface area contributed by atoms with E-state index in [2.05, 4.69) is 5.32 Å². The van der Waals surface area contributed by atoms with Gasteiger partial charge in [0.05, 0.1) is 12.6 Å². The molecule has 1 amide bonds. The predicted octanol–water partition coefficient (Wildman–Crippen LogP) is 3.11. The standard InChI is InChI=1S/C23H38N2O5/c1-3-30-23(29)18(13-16-9-5-4-6-10-16)24-15(2)21(26)25-19-12-8-7-11-17(19)14-20(25)22(27)28/h15-20,24H,3-14H2,1-2H3,(H,27,28)/t15?,17?,18-,19?,20-/m0/s1. The molecule has 3 fully saturated rings. The van der Waals surface area contributed by atoms with E-state index in [1.807, 2.05) is 0 Å². The van der Waals surface area contributed by atoms with E-state index in [9.17, 15) is 19.5 Å². The first-order valence-electron chi connectivity index (χ1n) is 11.9. The van der Waals surface area contributed by atoms with Crippen molar-refractivity contribution in [1.29, 1.82) is 0 Å². The monoisotopic (exact) mass is 422 g/mol. The molecule has 0 aromatic rings. The number of hydrogen-bond donors (Lipinski definition) is 2. The van der Waals surface area contributed by atoms with Gasteiger partial charge in [-0.2, -0.15) is 0 Å². The van der Waals surface area contributed by atoms with Crippen LogP contribution in [0.5, 0.6) is 0 Å². The number of carboxylic acids is 1. The number of esters is 1. The van der Waals surface area contributed by atoms with Gasteiger partial charge >= 0.3 is 11.9 Å². The second-order valence-corrected chi connectivity index (χ2v) is 9.38. The second kappa shape index (κ2) is 10.6. The summed E-state index contributed by atoms with van der Waals surface area (Å²) in [7, 11) is 0. The number of carboxylic acid groups (broad SMARTS) is 1. The molecule has 3 unspecified atom stereocenters. The van der Waals surface area contributed by atoms with Crippen molar-refractivity contribution in [3.8, 4) is 0 Å². The Morgan fingerprint density at radius 3 is 2.40 bits per heavy atom. The molecular weight excluding hydrogens is 384 g/mol. The fourth-order valence-corrected chi connectivity index (χ4v) is 5.83. The minimum atomic E-state index is -0.922. The van der Waals surface area contributed by atoms with E-state index in [1.54, 1.807) is 18.7 Å². The van der Waals surface area contributed by atoms with Gasteiger partial charge in [-0.15, -0.1) is 0 Å².